The van der Waals surface area contributed by atoms with Gasteiger partial charge in [-0.1, -0.05) is 24.8 Å². The maximum atomic E-state index is 11.6. The van der Waals surface area contributed by atoms with Crippen molar-refractivity contribution in [3.63, 3.8) is 0 Å². The van der Waals surface area contributed by atoms with Gasteiger partial charge in [0.05, 0.1) is 18.3 Å². The SMILES string of the molecule is C=CC(=O)Nc1ccnc(-c2cccc3cnc(Nc4ccc(N)nc4OC)nc23)c1. The predicted molar refractivity (Wildman–Crippen MR) is 120 cm³/mol. The third-order valence-corrected chi connectivity index (χ3v) is 4.42. The maximum Gasteiger partial charge on any atom is 0.247 e. The highest BCUT2D eigenvalue weighted by Crippen LogP contribution is 2.30. The van der Waals surface area contributed by atoms with Gasteiger partial charge in [0.25, 0.3) is 0 Å². The summed E-state index contributed by atoms with van der Waals surface area (Å²) in [5.41, 5.74) is 9.05. The van der Waals surface area contributed by atoms with Crippen LogP contribution in [0.15, 0.2) is 67.5 Å². The van der Waals surface area contributed by atoms with Crippen molar-refractivity contribution in [3.8, 4) is 17.1 Å². The van der Waals surface area contributed by atoms with E-state index in [-0.39, 0.29) is 5.91 Å². The van der Waals surface area contributed by atoms with Gasteiger partial charge in [-0.05, 0) is 30.3 Å². The van der Waals surface area contributed by atoms with Crippen molar-refractivity contribution in [3.05, 3.63) is 67.5 Å². The molecule has 0 bridgehead atoms. The van der Waals surface area contributed by atoms with Crippen LogP contribution in [0.3, 0.4) is 0 Å². The summed E-state index contributed by atoms with van der Waals surface area (Å²) in [5, 5.41) is 6.69. The van der Waals surface area contributed by atoms with Crippen molar-refractivity contribution in [2.24, 2.45) is 0 Å². The quantitative estimate of drug-likeness (QED) is 0.410. The van der Waals surface area contributed by atoms with E-state index >= 15 is 0 Å². The summed E-state index contributed by atoms with van der Waals surface area (Å²) in [6, 6.07) is 12.6. The number of nitrogens with one attached hydrogen (secondary N) is 2. The van der Waals surface area contributed by atoms with Gasteiger partial charge >= 0.3 is 0 Å². The van der Waals surface area contributed by atoms with Gasteiger partial charge in [0.1, 0.15) is 11.5 Å². The number of anilines is 4. The number of carbonyl (C=O) groups excluding carboxylic acids is 1. The summed E-state index contributed by atoms with van der Waals surface area (Å²) in [4.78, 5) is 29.3. The van der Waals surface area contributed by atoms with Crippen LogP contribution in [-0.4, -0.2) is 33.0 Å². The van der Waals surface area contributed by atoms with Gasteiger partial charge in [-0.2, -0.15) is 4.98 Å². The van der Waals surface area contributed by atoms with E-state index in [2.05, 4.69) is 37.1 Å². The second-order valence-corrected chi connectivity index (χ2v) is 6.48. The second-order valence-electron chi connectivity index (χ2n) is 6.48. The molecule has 1 amide bonds. The fourth-order valence-electron chi connectivity index (χ4n) is 3.00. The van der Waals surface area contributed by atoms with Crippen molar-refractivity contribution >= 4 is 40.0 Å². The molecule has 4 aromatic rings. The minimum atomic E-state index is -0.296. The Morgan fingerprint density at radius 1 is 1.16 bits per heavy atom. The first-order chi connectivity index (χ1) is 15.1. The molecule has 0 saturated heterocycles. The summed E-state index contributed by atoms with van der Waals surface area (Å²) in [7, 11) is 1.51. The van der Waals surface area contributed by atoms with E-state index < -0.39 is 0 Å². The number of hydrogen-bond acceptors (Lipinski definition) is 8. The number of benzene rings is 1. The van der Waals surface area contributed by atoms with Crippen LogP contribution in [0, 0.1) is 0 Å². The number of fused-ring (bicyclic) bond motifs is 1. The third kappa shape index (κ3) is 4.25. The van der Waals surface area contributed by atoms with Crippen LogP contribution in [0.2, 0.25) is 0 Å². The molecule has 3 heterocycles. The van der Waals surface area contributed by atoms with Gasteiger partial charge in [0.2, 0.25) is 17.7 Å². The molecule has 0 aliphatic carbocycles. The van der Waals surface area contributed by atoms with Crippen molar-refractivity contribution in [1.82, 2.24) is 19.9 Å². The Morgan fingerprint density at radius 2 is 2.03 bits per heavy atom. The molecular formula is C22H19N7O2. The minimum Gasteiger partial charge on any atom is -0.479 e. The molecule has 0 spiro atoms. The lowest BCUT2D eigenvalue weighted by Gasteiger charge is -2.11. The number of nitrogen functional groups attached to an aromatic ring is 1. The Balaban J connectivity index is 1.74. The highest BCUT2D eigenvalue weighted by atomic mass is 16.5. The van der Waals surface area contributed by atoms with Crippen LogP contribution in [0.1, 0.15) is 0 Å². The lowest BCUT2D eigenvalue weighted by atomic mass is 10.1. The zero-order chi connectivity index (χ0) is 21.8. The molecule has 3 aromatic heterocycles. The van der Waals surface area contributed by atoms with Crippen LogP contribution in [-0.2, 0) is 4.79 Å². The molecule has 0 radical (unpaired) electrons. The van der Waals surface area contributed by atoms with Gasteiger partial charge in [0, 0.05) is 29.0 Å². The monoisotopic (exact) mass is 413 g/mol. The Morgan fingerprint density at radius 3 is 2.84 bits per heavy atom. The zero-order valence-corrected chi connectivity index (χ0v) is 16.7. The van der Waals surface area contributed by atoms with Crippen LogP contribution in [0.4, 0.5) is 23.1 Å². The average molecular weight is 413 g/mol. The van der Waals surface area contributed by atoms with Crippen molar-refractivity contribution in [1.29, 1.82) is 0 Å². The molecule has 31 heavy (non-hydrogen) atoms. The first-order valence-corrected chi connectivity index (χ1v) is 9.30. The molecule has 4 N–H and O–H groups in total. The molecule has 0 unspecified atom stereocenters. The maximum absolute atomic E-state index is 11.6. The van der Waals surface area contributed by atoms with E-state index in [1.165, 1.54) is 13.2 Å². The van der Waals surface area contributed by atoms with Crippen molar-refractivity contribution < 1.29 is 9.53 Å². The number of para-hydroxylation sites is 1. The van der Waals surface area contributed by atoms with Crippen LogP contribution in [0.25, 0.3) is 22.2 Å². The molecule has 0 atom stereocenters. The Kier molecular flexibility index (Phi) is 5.39. The number of hydrogen-bond donors (Lipinski definition) is 3. The van der Waals surface area contributed by atoms with Gasteiger partial charge in [-0.3, -0.25) is 9.78 Å². The zero-order valence-electron chi connectivity index (χ0n) is 16.7. The number of ether oxygens (including phenoxy) is 1. The molecule has 9 nitrogen and oxygen atoms in total. The predicted octanol–water partition coefficient (Wildman–Crippen LogP) is 3.55. The lowest BCUT2D eigenvalue weighted by molar-refractivity contribution is -0.111. The van der Waals surface area contributed by atoms with E-state index in [0.29, 0.717) is 40.2 Å². The smallest absolute Gasteiger partial charge is 0.247 e. The van der Waals surface area contributed by atoms with Gasteiger partial charge < -0.3 is 21.1 Å². The number of nitrogens with zero attached hydrogens (tertiary/aromatic N) is 4. The van der Waals surface area contributed by atoms with E-state index in [1.807, 2.05) is 18.2 Å². The number of methoxy groups -OCH3 is 1. The largest absolute Gasteiger partial charge is 0.479 e. The molecule has 1 aromatic carbocycles. The molecule has 4 rings (SSSR count). The Labute approximate surface area is 178 Å². The highest BCUT2D eigenvalue weighted by molar-refractivity contribution is 5.99. The Bertz CT molecular complexity index is 1290. The average Bonchev–Trinajstić information content (AvgIpc) is 2.79. The van der Waals surface area contributed by atoms with E-state index in [9.17, 15) is 4.79 Å². The number of amides is 1. The van der Waals surface area contributed by atoms with Crippen LogP contribution in [0.5, 0.6) is 5.88 Å². The summed E-state index contributed by atoms with van der Waals surface area (Å²) in [6.45, 7) is 3.47. The number of pyridine rings is 2. The lowest BCUT2D eigenvalue weighted by Crippen LogP contribution is -2.07. The minimum absolute atomic E-state index is 0.296. The topological polar surface area (TPSA) is 128 Å². The molecule has 154 valence electrons. The number of aromatic nitrogens is 4. The Hall–Kier alpha value is -4.53. The standard InChI is InChI=1S/C22H19N7O2/c1-3-19(30)26-14-9-10-24-17(11-14)15-6-4-5-13-12-25-22(29-20(13)15)27-16-7-8-18(23)28-21(16)31-2/h3-12H,1H2,2H3,(H2,23,28)(H,24,26,30)(H,25,27,29). The molecule has 0 aliphatic heterocycles. The molecule has 0 aliphatic rings. The molecular weight excluding hydrogens is 394 g/mol. The van der Waals surface area contributed by atoms with Crippen molar-refractivity contribution in [2.45, 2.75) is 0 Å². The van der Waals surface area contributed by atoms with Crippen LogP contribution >= 0.6 is 0 Å². The summed E-state index contributed by atoms with van der Waals surface area (Å²) in [5.74, 6) is 0.749. The first-order valence-electron chi connectivity index (χ1n) is 9.30. The number of nitrogens with two attached hydrogens (primary N) is 1. The van der Waals surface area contributed by atoms with Gasteiger partial charge in [-0.15, -0.1) is 0 Å². The summed E-state index contributed by atoms with van der Waals surface area (Å²) in [6.07, 6.45) is 4.55. The third-order valence-electron chi connectivity index (χ3n) is 4.42. The van der Waals surface area contributed by atoms with Gasteiger partial charge in [-0.25, -0.2) is 9.97 Å². The van der Waals surface area contributed by atoms with E-state index in [4.69, 9.17) is 10.5 Å². The van der Waals surface area contributed by atoms with E-state index in [0.717, 1.165) is 10.9 Å². The number of rotatable bonds is 6. The fourth-order valence-corrected chi connectivity index (χ4v) is 3.00. The summed E-state index contributed by atoms with van der Waals surface area (Å²) >= 11 is 0. The summed E-state index contributed by atoms with van der Waals surface area (Å²) < 4.78 is 5.27. The fraction of sp³-hybridized carbons (Fsp3) is 0.0455. The normalized spacial score (nSPS) is 10.5. The van der Waals surface area contributed by atoms with E-state index in [1.54, 1.807) is 36.7 Å². The molecule has 0 fully saturated rings. The number of carbonyl (C=O) groups is 1. The van der Waals surface area contributed by atoms with Crippen molar-refractivity contribution in [2.75, 3.05) is 23.5 Å². The first kappa shape index (κ1) is 19.8. The van der Waals surface area contributed by atoms with Gasteiger partial charge in [0.15, 0.2) is 0 Å². The molecule has 9 heteroatoms. The van der Waals surface area contributed by atoms with Crippen LogP contribution < -0.4 is 21.1 Å². The highest BCUT2D eigenvalue weighted by Gasteiger charge is 2.12. The molecule has 0 saturated carbocycles. The second kappa shape index (κ2) is 8.46.